The third-order valence-electron chi connectivity index (χ3n) is 10.2. The molecule has 4 rings (SSSR count). The molecule has 1 aliphatic heterocycles. The first-order valence-corrected chi connectivity index (χ1v) is 19.4. The molecule has 1 saturated carbocycles. The lowest BCUT2D eigenvalue weighted by atomic mass is 9.83. The van der Waals surface area contributed by atoms with Gasteiger partial charge in [0, 0.05) is 12.8 Å². The van der Waals surface area contributed by atoms with Crippen molar-refractivity contribution in [2.75, 3.05) is 6.54 Å². The van der Waals surface area contributed by atoms with Gasteiger partial charge >= 0.3 is 5.97 Å². The first-order chi connectivity index (χ1) is 26.0. The van der Waals surface area contributed by atoms with Gasteiger partial charge in [-0.1, -0.05) is 106 Å². The molecule has 292 valence electrons. The molecular formula is C41H55N5O8. The fourth-order valence-electron chi connectivity index (χ4n) is 7.26. The van der Waals surface area contributed by atoms with Gasteiger partial charge in [0.25, 0.3) is 5.91 Å². The van der Waals surface area contributed by atoms with Crippen LogP contribution in [0.4, 0.5) is 0 Å². The summed E-state index contributed by atoms with van der Waals surface area (Å²) in [5, 5.41) is 22.8. The number of hydrogen-bond donors (Lipinski definition) is 6. The molecule has 5 amide bonds. The van der Waals surface area contributed by atoms with E-state index in [4.69, 9.17) is 0 Å². The van der Waals surface area contributed by atoms with Crippen molar-refractivity contribution in [3.63, 3.8) is 0 Å². The first kappa shape index (κ1) is 41.7. The fraction of sp³-hybridized carbons (Fsp3) is 0.537. The molecule has 0 radical (unpaired) electrons. The van der Waals surface area contributed by atoms with Gasteiger partial charge in [0.1, 0.15) is 12.1 Å². The monoisotopic (exact) mass is 745 g/mol. The molecule has 1 heterocycles. The number of carboxylic acids is 1. The minimum atomic E-state index is -1.36. The SMILES string of the molecule is CCCC(NC(=O)[C@@H]1Cc2cccc(c2)CCCCCCCC(=O)NC(C2CCCCC2)C(=O)N1)C(=O)C(=O)NCC(=O)N[C@H](C(=O)O)c1ccccc1. The Morgan fingerprint density at radius 3 is 2.17 bits per heavy atom. The van der Waals surface area contributed by atoms with E-state index in [2.05, 4.69) is 26.6 Å². The van der Waals surface area contributed by atoms with E-state index < -0.39 is 66.1 Å². The van der Waals surface area contributed by atoms with Crippen molar-refractivity contribution in [2.45, 2.75) is 127 Å². The lowest BCUT2D eigenvalue weighted by Crippen LogP contribution is -2.59. The first-order valence-electron chi connectivity index (χ1n) is 19.4. The smallest absolute Gasteiger partial charge is 0.330 e. The van der Waals surface area contributed by atoms with Crippen molar-refractivity contribution in [3.05, 3.63) is 71.3 Å². The molecule has 2 unspecified atom stereocenters. The van der Waals surface area contributed by atoms with Gasteiger partial charge in [-0.25, -0.2) is 4.79 Å². The summed E-state index contributed by atoms with van der Waals surface area (Å²) >= 11 is 0. The van der Waals surface area contributed by atoms with Gasteiger partial charge in [-0.05, 0) is 61.1 Å². The van der Waals surface area contributed by atoms with E-state index in [1.54, 1.807) is 37.3 Å². The minimum absolute atomic E-state index is 0.0781. The van der Waals surface area contributed by atoms with Gasteiger partial charge < -0.3 is 31.7 Å². The maximum absolute atomic E-state index is 14.1. The molecule has 0 aromatic heterocycles. The number of amides is 5. The van der Waals surface area contributed by atoms with Gasteiger partial charge in [0.15, 0.2) is 6.04 Å². The number of fused-ring (bicyclic) bond motifs is 2. The lowest BCUT2D eigenvalue weighted by molar-refractivity contribution is -0.142. The standard InChI is InChI=1S/C41H55N5O8/c1-2-15-31(37(49)40(52)42-26-34(48)46-36(41(53)54)30-21-11-7-12-22-30)43-38(50)32-25-28-18-14-17-27(24-28)16-8-4-3-5-13-23-33(47)45-35(39(51)44-32)29-19-9-6-10-20-29/h7,11-12,14,17-18,21-22,24,29,31-32,35-36H,2-6,8-10,13,15-16,19-20,23,25-26H2,1H3,(H,42,52)(H,43,50)(H,44,51)(H,45,47)(H,46,48)(H,53,54)/t31?,32-,35?,36-/m0/s1. The van der Waals surface area contributed by atoms with Crippen molar-refractivity contribution in [2.24, 2.45) is 5.92 Å². The minimum Gasteiger partial charge on any atom is -0.479 e. The maximum atomic E-state index is 14.1. The summed E-state index contributed by atoms with van der Waals surface area (Å²) in [5.74, 6) is -5.63. The molecule has 2 bridgehead atoms. The maximum Gasteiger partial charge on any atom is 0.330 e. The van der Waals surface area contributed by atoms with Crippen LogP contribution in [0.3, 0.4) is 0 Å². The molecule has 54 heavy (non-hydrogen) atoms. The Balaban J connectivity index is 1.50. The van der Waals surface area contributed by atoms with Crippen LogP contribution in [0.2, 0.25) is 0 Å². The highest BCUT2D eigenvalue weighted by molar-refractivity contribution is 6.38. The molecule has 13 heteroatoms. The zero-order valence-corrected chi connectivity index (χ0v) is 31.2. The van der Waals surface area contributed by atoms with Crippen molar-refractivity contribution in [1.29, 1.82) is 0 Å². The molecular weight excluding hydrogens is 690 g/mol. The van der Waals surface area contributed by atoms with Gasteiger partial charge in [-0.15, -0.1) is 0 Å². The number of Topliss-reactive ketones (excluding diaryl/α,β-unsaturated/α-hetero) is 1. The summed E-state index contributed by atoms with van der Waals surface area (Å²) in [5.41, 5.74) is 2.25. The second-order valence-electron chi connectivity index (χ2n) is 14.4. The fourth-order valence-corrected chi connectivity index (χ4v) is 7.26. The van der Waals surface area contributed by atoms with Crippen LogP contribution >= 0.6 is 0 Å². The van der Waals surface area contributed by atoms with Crippen molar-refractivity contribution >= 4 is 41.3 Å². The van der Waals surface area contributed by atoms with E-state index in [1.165, 1.54) is 0 Å². The molecule has 4 atom stereocenters. The van der Waals surface area contributed by atoms with Crippen LogP contribution in [-0.2, 0) is 46.4 Å². The second kappa shape index (κ2) is 21.6. The summed E-state index contributed by atoms with van der Waals surface area (Å²) in [7, 11) is 0. The Hall–Kier alpha value is -5.07. The topological polar surface area (TPSA) is 200 Å². The molecule has 1 fully saturated rings. The van der Waals surface area contributed by atoms with Crippen LogP contribution in [0.5, 0.6) is 0 Å². The summed E-state index contributed by atoms with van der Waals surface area (Å²) in [6.07, 6.45) is 11.0. The molecule has 1 aliphatic carbocycles. The Morgan fingerprint density at radius 2 is 1.46 bits per heavy atom. The van der Waals surface area contributed by atoms with Crippen LogP contribution in [0, 0.1) is 5.92 Å². The predicted octanol–water partition coefficient (Wildman–Crippen LogP) is 3.59. The number of carbonyl (C=O) groups is 7. The molecule has 6 N–H and O–H groups in total. The van der Waals surface area contributed by atoms with E-state index in [-0.39, 0.29) is 24.7 Å². The van der Waals surface area contributed by atoms with Gasteiger partial charge in [-0.2, -0.15) is 0 Å². The average molecular weight is 746 g/mol. The van der Waals surface area contributed by atoms with Crippen molar-refractivity contribution in [1.82, 2.24) is 26.6 Å². The lowest BCUT2D eigenvalue weighted by Gasteiger charge is -2.31. The van der Waals surface area contributed by atoms with Gasteiger partial charge in [0.05, 0.1) is 12.6 Å². The van der Waals surface area contributed by atoms with E-state index >= 15 is 0 Å². The number of benzene rings is 2. The molecule has 2 aromatic carbocycles. The zero-order valence-electron chi connectivity index (χ0n) is 31.2. The van der Waals surface area contributed by atoms with E-state index in [0.29, 0.717) is 18.4 Å². The van der Waals surface area contributed by atoms with Crippen LogP contribution in [-0.4, -0.2) is 71.1 Å². The van der Waals surface area contributed by atoms with E-state index in [0.717, 1.165) is 81.8 Å². The van der Waals surface area contributed by atoms with Crippen molar-refractivity contribution < 1.29 is 38.7 Å². The summed E-state index contributed by atoms with van der Waals surface area (Å²) in [4.78, 5) is 92.0. The van der Waals surface area contributed by atoms with Crippen LogP contribution in [0.15, 0.2) is 54.6 Å². The second-order valence-corrected chi connectivity index (χ2v) is 14.4. The summed E-state index contributed by atoms with van der Waals surface area (Å²) < 4.78 is 0. The predicted molar refractivity (Wildman–Crippen MR) is 202 cm³/mol. The number of nitrogens with one attached hydrogen (secondary N) is 5. The summed E-state index contributed by atoms with van der Waals surface area (Å²) in [6.45, 7) is 1.12. The van der Waals surface area contributed by atoms with Gasteiger partial charge in [-0.3, -0.25) is 28.8 Å². The number of aryl methyl sites for hydroxylation is 1. The molecule has 0 saturated heterocycles. The highest BCUT2D eigenvalue weighted by Gasteiger charge is 2.35. The van der Waals surface area contributed by atoms with Crippen LogP contribution < -0.4 is 26.6 Å². The number of hydrogen-bond acceptors (Lipinski definition) is 7. The molecule has 0 spiro atoms. The van der Waals surface area contributed by atoms with Crippen molar-refractivity contribution in [3.8, 4) is 0 Å². The largest absolute Gasteiger partial charge is 0.479 e. The third-order valence-corrected chi connectivity index (χ3v) is 10.2. The van der Waals surface area contributed by atoms with E-state index in [1.807, 2.05) is 24.3 Å². The Morgan fingerprint density at radius 1 is 0.796 bits per heavy atom. The average Bonchev–Trinajstić information content (AvgIpc) is 3.17. The molecule has 13 nitrogen and oxygen atoms in total. The number of ketones is 1. The quantitative estimate of drug-likeness (QED) is 0.177. The Labute approximate surface area is 317 Å². The van der Waals surface area contributed by atoms with Gasteiger partial charge in [0.2, 0.25) is 29.4 Å². The van der Waals surface area contributed by atoms with E-state index in [9.17, 15) is 38.7 Å². The van der Waals surface area contributed by atoms with Crippen LogP contribution in [0.25, 0.3) is 0 Å². The third kappa shape index (κ3) is 13.1. The normalized spacial score (nSPS) is 20.2. The Bertz CT molecular complexity index is 1610. The number of carbonyl (C=O) groups excluding carboxylic acids is 6. The number of rotatable bonds is 12. The number of carboxylic acid groups (broad SMARTS) is 1. The molecule has 2 aliphatic rings. The van der Waals surface area contributed by atoms with Crippen LogP contribution in [0.1, 0.15) is 113 Å². The Kier molecular flexibility index (Phi) is 16.7. The molecule has 2 aromatic rings. The summed E-state index contributed by atoms with van der Waals surface area (Å²) in [6, 6.07) is 11.3. The highest BCUT2D eigenvalue weighted by atomic mass is 16.4. The zero-order chi connectivity index (χ0) is 38.9. The number of aliphatic carboxylic acids is 1. The highest BCUT2D eigenvalue weighted by Crippen LogP contribution is 2.27.